The zero-order valence-electron chi connectivity index (χ0n) is 13.0. The number of hydrogen-bond acceptors (Lipinski definition) is 4. The van der Waals surface area contributed by atoms with Crippen molar-refractivity contribution in [2.24, 2.45) is 0 Å². The van der Waals surface area contributed by atoms with E-state index in [1.807, 2.05) is 0 Å². The third kappa shape index (κ3) is 3.59. The van der Waals surface area contributed by atoms with Gasteiger partial charge in [-0.3, -0.25) is 0 Å². The van der Waals surface area contributed by atoms with Gasteiger partial charge in [0.05, 0.1) is 22.3 Å². The molecule has 0 saturated carbocycles. The van der Waals surface area contributed by atoms with E-state index in [0.29, 0.717) is 0 Å². The highest BCUT2D eigenvalue weighted by atomic mass is 16.4. The van der Waals surface area contributed by atoms with Crippen molar-refractivity contribution < 1.29 is 39.6 Å². The zero-order valence-corrected chi connectivity index (χ0v) is 13.0. The molecule has 0 aromatic heterocycles. The van der Waals surface area contributed by atoms with Crippen molar-refractivity contribution in [3.63, 3.8) is 0 Å². The summed E-state index contributed by atoms with van der Waals surface area (Å²) in [6.45, 7) is 0. The van der Waals surface area contributed by atoms with Crippen molar-refractivity contribution in [3.8, 4) is 0 Å². The molecule has 4 N–H and O–H groups in total. The van der Waals surface area contributed by atoms with Crippen molar-refractivity contribution in [3.05, 3.63) is 69.8 Å². The van der Waals surface area contributed by atoms with E-state index in [1.54, 1.807) is 6.07 Å². The summed E-state index contributed by atoms with van der Waals surface area (Å²) < 4.78 is 0. The lowest BCUT2D eigenvalue weighted by atomic mass is 9.94. The second-order valence-corrected chi connectivity index (χ2v) is 5.09. The maximum Gasteiger partial charge on any atom is 0.337 e. The lowest BCUT2D eigenvalue weighted by Crippen LogP contribution is -2.14. The van der Waals surface area contributed by atoms with Gasteiger partial charge in [-0.2, -0.15) is 0 Å². The molecule has 132 valence electrons. The Labute approximate surface area is 146 Å². The van der Waals surface area contributed by atoms with Gasteiger partial charge in [-0.05, 0) is 23.8 Å². The molecule has 2 aromatic carbocycles. The lowest BCUT2D eigenvalue weighted by molar-refractivity contribution is 0.0649. The van der Waals surface area contributed by atoms with Crippen LogP contribution in [-0.4, -0.2) is 44.3 Å². The normalized spacial score (nSPS) is 10.6. The molecule has 0 radical (unpaired) electrons. The van der Waals surface area contributed by atoms with E-state index < -0.39 is 40.6 Å². The topological polar surface area (TPSA) is 149 Å². The van der Waals surface area contributed by atoms with Crippen LogP contribution in [0.1, 0.15) is 52.6 Å². The average Bonchev–Trinajstić information content (AvgIpc) is 2.58. The number of aromatic carboxylic acids is 4. The van der Waals surface area contributed by atoms with Crippen LogP contribution in [0, 0.1) is 0 Å². The fourth-order valence-electron chi connectivity index (χ4n) is 2.40. The Hall–Kier alpha value is -3.94. The molecule has 2 rings (SSSR count). The van der Waals surface area contributed by atoms with Gasteiger partial charge >= 0.3 is 23.9 Å². The van der Waals surface area contributed by atoms with Crippen LogP contribution in [0.4, 0.5) is 0 Å². The number of hydrogen-bond donors (Lipinski definition) is 4. The van der Waals surface area contributed by atoms with Gasteiger partial charge in [-0.1, -0.05) is 30.4 Å². The molecule has 2 aromatic rings. The molecule has 0 aliphatic rings. The molecule has 8 heteroatoms. The third-order valence-electron chi connectivity index (χ3n) is 3.54. The molecule has 0 aliphatic carbocycles. The van der Waals surface area contributed by atoms with E-state index in [0.717, 1.165) is 18.2 Å². The first-order valence-corrected chi connectivity index (χ1v) is 7.11. The lowest BCUT2D eigenvalue weighted by Gasteiger charge is -2.09. The molecular formula is C18H12O8. The highest BCUT2D eigenvalue weighted by molar-refractivity contribution is 6.08. The first-order chi connectivity index (χ1) is 12.2. The quantitative estimate of drug-likeness (QED) is 0.577. The Kier molecular flexibility index (Phi) is 5.17. The number of carbonyl (C=O) groups is 4. The summed E-state index contributed by atoms with van der Waals surface area (Å²) in [5.41, 5.74) is -1.91. The van der Waals surface area contributed by atoms with Crippen molar-refractivity contribution in [2.75, 3.05) is 0 Å². The van der Waals surface area contributed by atoms with E-state index >= 15 is 0 Å². The molecule has 0 spiro atoms. The van der Waals surface area contributed by atoms with Crippen molar-refractivity contribution >= 4 is 36.0 Å². The van der Waals surface area contributed by atoms with Crippen LogP contribution < -0.4 is 0 Å². The molecule has 8 nitrogen and oxygen atoms in total. The van der Waals surface area contributed by atoms with Crippen LogP contribution in [-0.2, 0) is 0 Å². The smallest absolute Gasteiger partial charge is 0.337 e. The van der Waals surface area contributed by atoms with Gasteiger partial charge < -0.3 is 20.4 Å². The van der Waals surface area contributed by atoms with Gasteiger partial charge in [-0.15, -0.1) is 0 Å². The van der Waals surface area contributed by atoms with Gasteiger partial charge in [0.25, 0.3) is 0 Å². The summed E-state index contributed by atoms with van der Waals surface area (Å²) >= 11 is 0. The summed E-state index contributed by atoms with van der Waals surface area (Å²) in [5, 5.41) is 37.0. The molecule has 0 bridgehead atoms. The second kappa shape index (κ2) is 7.31. The molecule has 26 heavy (non-hydrogen) atoms. The van der Waals surface area contributed by atoms with Crippen molar-refractivity contribution in [1.82, 2.24) is 0 Å². The van der Waals surface area contributed by atoms with Gasteiger partial charge in [0.1, 0.15) is 0 Å². The average molecular weight is 356 g/mol. The Balaban J connectivity index is 2.74. The van der Waals surface area contributed by atoms with E-state index in [2.05, 4.69) is 0 Å². The molecule has 0 unspecified atom stereocenters. The van der Waals surface area contributed by atoms with E-state index in [9.17, 15) is 29.4 Å². The van der Waals surface area contributed by atoms with Crippen LogP contribution in [0.5, 0.6) is 0 Å². The fraction of sp³-hybridized carbons (Fsp3) is 0. The summed E-state index contributed by atoms with van der Waals surface area (Å²) in [6, 6.07) is 7.71. The van der Waals surface area contributed by atoms with E-state index in [4.69, 9.17) is 10.2 Å². The summed E-state index contributed by atoms with van der Waals surface area (Å²) in [7, 11) is 0. The molecular weight excluding hydrogens is 344 g/mol. The van der Waals surface area contributed by atoms with Crippen LogP contribution in [0.15, 0.2) is 36.4 Å². The van der Waals surface area contributed by atoms with Crippen LogP contribution in [0.25, 0.3) is 12.2 Å². The molecule has 0 amide bonds. The second-order valence-electron chi connectivity index (χ2n) is 5.09. The third-order valence-corrected chi connectivity index (χ3v) is 3.54. The Morgan fingerprint density at radius 3 is 1.69 bits per heavy atom. The van der Waals surface area contributed by atoms with Crippen LogP contribution in [0.3, 0.4) is 0 Å². The van der Waals surface area contributed by atoms with Gasteiger partial charge in [0, 0.05) is 5.56 Å². The first-order valence-electron chi connectivity index (χ1n) is 7.11. The predicted molar refractivity (Wildman–Crippen MR) is 89.6 cm³/mol. The first kappa shape index (κ1) is 18.4. The minimum Gasteiger partial charge on any atom is -0.478 e. The molecule has 0 atom stereocenters. The van der Waals surface area contributed by atoms with Crippen molar-refractivity contribution in [1.29, 1.82) is 0 Å². The number of rotatable bonds is 6. The Morgan fingerprint density at radius 1 is 0.615 bits per heavy atom. The monoisotopic (exact) mass is 356 g/mol. The summed E-state index contributed by atoms with van der Waals surface area (Å²) in [6.07, 6.45) is 2.31. The molecule has 0 aliphatic heterocycles. The van der Waals surface area contributed by atoms with Crippen LogP contribution >= 0.6 is 0 Å². The predicted octanol–water partition coefficient (Wildman–Crippen LogP) is 2.65. The van der Waals surface area contributed by atoms with Crippen molar-refractivity contribution in [2.45, 2.75) is 0 Å². The maximum absolute atomic E-state index is 11.5. The highest BCUT2D eigenvalue weighted by Crippen LogP contribution is 2.24. The largest absolute Gasteiger partial charge is 0.478 e. The number of benzene rings is 2. The standard InChI is InChI=1S/C18H12O8/c19-15(20)10-4-2-1-3-9(10)5-6-11-12(16(21)22)7-8-13(17(23)24)14(11)18(25)26/h1-8H,(H,19,20)(H,21,22)(H,23,24)(H,25,26)/b6-5-. The Bertz CT molecular complexity index is 956. The van der Waals surface area contributed by atoms with Gasteiger partial charge in [0.2, 0.25) is 0 Å². The number of carboxylic acid groups (broad SMARTS) is 4. The minimum atomic E-state index is -1.61. The minimum absolute atomic E-state index is 0.0770. The molecule has 0 fully saturated rings. The highest BCUT2D eigenvalue weighted by Gasteiger charge is 2.24. The Morgan fingerprint density at radius 2 is 1.15 bits per heavy atom. The fourth-order valence-corrected chi connectivity index (χ4v) is 2.40. The number of carboxylic acids is 4. The van der Waals surface area contributed by atoms with Gasteiger partial charge in [-0.25, -0.2) is 19.2 Å². The SMILES string of the molecule is O=C(O)c1ccccc1/C=C\c1c(C(=O)O)ccc(C(=O)O)c1C(=O)O. The molecule has 0 heterocycles. The summed E-state index contributed by atoms with van der Waals surface area (Å²) in [4.78, 5) is 45.4. The summed E-state index contributed by atoms with van der Waals surface area (Å²) in [5.74, 6) is -5.81. The van der Waals surface area contributed by atoms with E-state index in [1.165, 1.54) is 24.3 Å². The maximum atomic E-state index is 11.5. The van der Waals surface area contributed by atoms with Crippen LogP contribution in [0.2, 0.25) is 0 Å². The van der Waals surface area contributed by atoms with E-state index in [-0.39, 0.29) is 16.7 Å². The van der Waals surface area contributed by atoms with Gasteiger partial charge in [0.15, 0.2) is 0 Å². The zero-order chi connectivity index (χ0) is 19.4. The molecule has 0 saturated heterocycles.